The van der Waals surface area contributed by atoms with E-state index in [1.54, 1.807) is 18.7 Å². The molecule has 7 nitrogen and oxygen atoms in total. The minimum absolute atomic E-state index is 0.0513. The molecule has 1 aromatic heterocycles. The van der Waals surface area contributed by atoms with Gasteiger partial charge in [-0.2, -0.15) is 18.2 Å². The van der Waals surface area contributed by atoms with E-state index in [1.165, 1.54) is 12.4 Å². The van der Waals surface area contributed by atoms with Crippen molar-refractivity contribution in [1.29, 1.82) is 0 Å². The molecule has 0 bridgehead atoms. The summed E-state index contributed by atoms with van der Waals surface area (Å²) in [6.07, 6.45) is -3.41. The van der Waals surface area contributed by atoms with Crippen molar-refractivity contribution in [3.63, 3.8) is 0 Å². The lowest BCUT2D eigenvalue weighted by atomic mass is 9.96. The van der Waals surface area contributed by atoms with Crippen molar-refractivity contribution in [3.05, 3.63) is 59.9 Å². The number of hydrogen-bond donors (Lipinski definition) is 3. The Morgan fingerprint density at radius 1 is 1.03 bits per heavy atom. The highest BCUT2D eigenvalue weighted by molar-refractivity contribution is 5.64. The summed E-state index contributed by atoms with van der Waals surface area (Å²) < 4.78 is 68.9. The first-order valence-corrected chi connectivity index (χ1v) is 10.5. The van der Waals surface area contributed by atoms with Crippen LogP contribution in [0.25, 0.3) is 5.69 Å². The highest BCUT2D eigenvalue weighted by atomic mass is 19.4. The van der Waals surface area contributed by atoms with Crippen LogP contribution in [-0.4, -0.2) is 51.1 Å². The Kier molecular flexibility index (Phi) is 6.21. The molecule has 0 saturated carbocycles. The average Bonchev–Trinajstić information content (AvgIpc) is 3.20. The quantitative estimate of drug-likeness (QED) is 0.480. The standard InChI is InChI=1S/C22H23F5N6O/c1-21(2,34)19-11-32(4-3-28-19)17-6-13(22(25,26)27)5-16(10-17)30-20-29-12-33(31-20)18-8-14(23)7-15(24)9-18/h5-10,12,19,28,34H,3-4,11H2,1-2H3,(H,30,31)/t19-/m0/s1. The van der Waals surface area contributed by atoms with E-state index >= 15 is 0 Å². The Morgan fingerprint density at radius 2 is 1.74 bits per heavy atom. The molecule has 0 unspecified atom stereocenters. The van der Waals surface area contributed by atoms with Crippen molar-refractivity contribution >= 4 is 17.3 Å². The van der Waals surface area contributed by atoms with Crippen molar-refractivity contribution in [1.82, 2.24) is 20.1 Å². The lowest BCUT2D eigenvalue weighted by Gasteiger charge is -2.40. The number of anilines is 3. The predicted octanol–water partition coefficient (Wildman–Crippen LogP) is 3.86. The highest BCUT2D eigenvalue weighted by Crippen LogP contribution is 2.35. The largest absolute Gasteiger partial charge is 0.416 e. The third-order valence-corrected chi connectivity index (χ3v) is 5.50. The Balaban J connectivity index is 1.63. The number of alkyl halides is 3. The molecule has 3 aromatic rings. The number of nitrogens with one attached hydrogen (secondary N) is 2. The molecule has 12 heteroatoms. The van der Waals surface area contributed by atoms with Crippen molar-refractivity contribution in [2.45, 2.75) is 31.7 Å². The summed E-state index contributed by atoms with van der Waals surface area (Å²) >= 11 is 0. The maximum atomic E-state index is 13.6. The van der Waals surface area contributed by atoms with Gasteiger partial charge in [-0.1, -0.05) is 0 Å². The molecule has 3 N–H and O–H groups in total. The van der Waals surface area contributed by atoms with Gasteiger partial charge in [-0.15, -0.1) is 5.10 Å². The SMILES string of the molecule is CC(C)(O)[C@@H]1CN(c2cc(Nc3ncn(-c4cc(F)cc(F)c4)n3)cc(C(F)(F)F)c2)CCN1. The maximum absolute atomic E-state index is 13.6. The number of benzene rings is 2. The molecule has 1 atom stereocenters. The lowest BCUT2D eigenvalue weighted by molar-refractivity contribution is -0.137. The first kappa shape index (κ1) is 23.9. The van der Waals surface area contributed by atoms with E-state index in [2.05, 4.69) is 20.7 Å². The third-order valence-electron chi connectivity index (χ3n) is 5.50. The Bertz CT molecular complexity index is 1150. The van der Waals surface area contributed by atoms with Gasteiger partial charge < -0.3 is 20.6 Å². The van der Waals surface area contributed by atoms with Crippen LogP contribution in [0.3, 0.4) is 0 Å². The first-order chi connectivity index (χ1) is 15.9. The third kappa shape index (κ3) is 5.45. The van der Waals surface area contributed by atoms with Crippen LogP contribution in [0.15, 0.2) is 42.7 Å². The van der Waals surface area contributed by atoms with Gasteiger partial charge in [-0.3, -0.25) is 0 Å². The zero-order chi connectivity index (χ0) is 24.7. The van der Waals surface area contributed by atoms with Gasteiger partial charge in [-0.25, -0.2) is 13.5 Å². The van der Waals surface area contributed by atoms with Gasteiger partial charge in [-0.05, 0) is 44.2 Å². The molecular formula is C22H23F5N6O. The van der Waals surface area contributed by atoms with Crippen LogP contribution >= 0.6 is 0 Å². The second-order valence-corrected chi connectivity index (χ2v) is 8.64. The Hall–Kier alpha value is -3.25. The molecular weight excluding hydrogens is 459 g/mol. The minimum Gasteiger partial charge on any atom is -0.389 e. The van der Waals surface area contributed by atoms with Crippen molar-refractivity contribution in [2.24, 2.45) is 0 Å². The van der Waals surface area contributed by atoms with E-state index in [4.69, 9.17) is 0 Å². The van der Waals surface area contributed by atoms with E-state index in [0.717, 1.165) is 28.9 Å². The van der Waals surface area contributed by atoms with Gasteiger partial charge in [0.2, 0.25) is 5.95 Å². The second-order valence-electron chi connectivity index (χ2n) is 8.64. The molecule has 2 aromatic carbocycles. The molecule has 0 radical (unpaired) electrons. The van der Waals surface area contributed by atoms with E-state index in [0.29, 0.717) is 31.4 Å². The second kappa shape index (κ2) is 8.84. The fraction of sp³-hybridized carbons (Fsp3) is 0.364. The molecule has 0 amide bonds. The molecule has 1 aliphatic heterocycles. The molecule has 4 rings (SSSR count). The van der Waals surface area contributed by atoms with Gasteiger partial charge in [0, 0.05) is 37.1 Å². The van der Waals surface area contributed by atoms with Crippen molar-refractivity contribution < 1.29 is 27.1 Å². The number of hydrogen-bond acceptors (Lipinski definition) is 6. The van der Waals surface area contributed by atoms with Crippen molar-refractivity contribution in [3.8, 4) is 5.69 Å². The van der Waals surface area contributed by atoms with Crippen LogP contribution in [0.5, 0.6) is 0 Å². The zero-order valence-corrected chi connectivity index (χ0v) is 18.4. The number of nitrogens with zero attached hydrogens (tertiary/aromatic N) is 4. The molecule has 1 fully saturated rings. The van der Waals surface area contributed by atoms with Gasteiger partial charge in [0.1, 0.15) is 18.0 Å². The van der Waals surface area contributed by atoms with Crippen LogP contribution < -0.4 is 15.5 Å². The minimum atomic E-state index is -4.60. The summed E-state index contributed by atoms with van der Waals surface area (Å²) in [5.41, 5.74) is -1.45. The number of halogens is 5. The number of piperazine rings is 1. The van der Waals surface area contributed by atoms with Gasteiger partial charge >= 0.3 is 6.18 Å². The highest BCUT2D eigenvalue weighted by Gasteiger charge is 2.34. The summed E-state index contributed by atoms with van der Waals surface area (Å²) in [5.74, 6) is -1.66. The smallest absolute Gasteiger partial charge is 0.389 e. The van der Waals surface area contributed by atoms with Crippen LogP contribution in [0.2, 0.25) is 0 Å². The molecule has 1 saturated heterocycles. The first-order valence-electron chi connectivity index (χ1n) is 10.5. The summed E-state index contributed by atoms with van der Waals surface area (Å²) in [5, 5.41) is 20.3. The summed E-state index contributed by atoms with van der Waals surface area (Å²) in [7, 11) is 0. The Labute approximate surface area is 192 Å². The van der Waals surface area contributed by atoms with Crippen molar-refractivity contribution in [2.75, 3.05) is 29.9 Å². The van der Waals surface area contributed by atoms with E-state index in [9.17, 15) is 27.1 Å². The topological polar surface area (TPSA) is 78.2 Å². The summed E-state index contributed by atoms with van der Waals surface area (Å²) in [6, 6.07) is 5.99. The lowest BCUT2D eigenvalue weighted by Crippen LogP contribution is -2.59. The van der Waals surface area contributed by atoms with E-state index in [-0.39, 0.29) is 23.4 Å². The molecule has 0 aliphatic carbocycles. The predicted molar refractivity (Wildman–Crippen MR) is 116 cm³/mol. The molecule has 2 heterocycles. The van der Waals surface area contributed by atoms with E-state index in [1.807, 2.05) is 0 Å². The van der Waals surface area contributed by atoms with Crippen LogP contribution in [0.4, 0.5) is 39.3 Å². The maximum Gasteiger partial charge on any atom is 0.416 e. The van der Waals surface area contributed by atoms with Crippen LogP contribution in [-0.2, 0) is 6.18 Å². The fourth-order valence-electron chi connectivity index (χ4n) is 3.73. The van der Waals surface area contributed by atoms with Gasteiger partial charge in [0.25, 0.3) is 0 Å². The monoisotopic (exact) mass is 482 g/mol. The zero-order valence-electron chi connectivity index (χ0n) is 18.4. The average molecular weight is 482 g/mol. The molecule has 0 spiro atoms. The number of aliphatic hydroxyl groups is 1. The van der Waals surface area contributed by atoms with E-state index < -0.39 is 29.0 Å². The number of rotatable bonds is 5. The Morgan fingerprint density at radius 3 is 2.38 bits per heavy atom. The molecule has 34 heavy (non-hydrogen) atoms. The molecule has 182 valence electrons. The molecule has 1 aliphatic rings. The summed E-state index contributed by atoms with van der Waals surface area (Å²) in [6.45, 7) is 4.52. The van der Waals surface area contributed by atoms with Gasteiger partial charge in [0.15, 0.2) is 0 Å². The number of aromatic nitrogens is 3. The normalized spacial score (nSPS) is 17.2. The van der Waals surface area contributed by atoms with Crippen LogP contribution in [0.1, 0.15) is 19.4 Å². The van der Waals surface area contributed by atoms with Gasteiger partial charge in [0.05, 0.1) is 22.9 Å². The fourth-order valence-corrected chi connectivity index (χ4v) is 3.73. The summed E-state index contributed by atoms with van der Waals surface area (Å²) in [4.78, 5) is 5.75. The van der Waals surface area contributed by atoms with Crippen LogP contribution in [0, 0.1) is 11.6 Å².